The molecule has 0 spiro atoms. The Bertz CT molecular complexity index is 399. The molecule has 1 rings (SSSR count). The summed E-state index contributed by atoms with van der Waals surface area (Å²) >= 11 is 0. The summed E-state index contributed by atoms with van der Waals surface area (Å²) in [4.78, 5) is 14.0. The first kappa shape index (κ1) is 13.7. The molecule has 94 valence electrons. The Morgan fingerprint density at radius 3 is 2.65 bits per heavy atom. The van der Waals surface area contributed by atoms with Gasteiger partial charge in [0.1, 0.15) is 0 Å². The first-order chi connectivity index (χ1) is 7.93. The SMILES string of the molecule is Cc1cccc(C(=O)N(C)CCC(C)N)c1C. The molecule has 0 saturated heterocycles. The molecule has 1 aromatic carbocycles. The van der Waals surface area contributed by atoms with Crippen molar-refractivity contribution in [2.45, 2.75) is 33.2 Å². The van der Waals surface area contributed by atoms with Crippen LogP contribution < -0.4 is 5.73 Å². The van der Waals surface area contributed by atoms with Gasteiger partial charge in [0.15, 0.2) is 0 Å². The normalized spacial score (nSPS) is 12.3. The monoisotopic (exact) mass is 234 g/mol. The molecule has 3 nitrogen and oxygen atoms in total. The Morgan fingerprint density at radius 1 is 1.41 bits per heavy atom. The van der Waals surface area contributed by atoms with Gasteiger partial charge in [0.2, 0.25) is 0 Å². The number of hydrogen-bond acceptors (Lipinski definition) is 2. The minimum absolute atomic E-state index is 0.0758. The number of benzene rings is 1. The molecule has 0 heterocycles. The fourth-order valence-corrected chi connectivity index (χ4v) is 1.69. The Kier molecular flexibility index (Phi) is 4.70. The number of aryl methyl sites for hydroxylation is 1. The van der Waals surface area contributed by atoms with E-state index < -0.39 is 0 Å². The molecule has 0 radical (unpaired) electrons. The van der Waals surface area contributed by atoms with Crippen molar-refractivity contribution in [1.82, 2.24) is 4.90 Å². The van der Waals surface area contributed by atoms with Crippen molar-refractivity contribution in [3.8, 4) is 0 Å². The van der Waals surface area contributed by atoms with Gasteiger partial charge in [-0.05, 0) is 44.4 Å². The third kappa shape index (κ3) is 3.56. The fraction of sp³-hybridized carbons (Fsp3) is 0.500. The number of nitrogens with two attached hydrogens (primary N) is 1. The minimum Gasteiger partial charge on any atom is -0.342 e. The maximum Gasteiger partial charge on any atom is 0.253 e. The van der Waals surface area contributed by atoms with Crippen LogP contribution >= 0.6 is 0 Å². The molecule has 17 heavy (non-hydrogen) atoms. The maximum atomic E-state index is 12.2. The molecule has 0 fully saturated rings. The summed E-state index contributed by atoms with van der Waals surface area (Å²) in [6.07, 6.45) is 0.826. The number of carbonyl (C=O) groups excluding carboxylic acids is 1. The first-order valence-corrected chi connectivity index (χ1v) is 6.00. The lowest BCUT2D eigenvalue weighted by Crippen LogP contribution is -2.31. The van der Waals surface area contributed by atoms with Gasteiger partial charge in [-0.3, -0.25) is 4.79 Å². The van der Waals surface area contributed by atoms with Crippen molar-refractivity contribution in [2.24, 2.45) is 5.73 Å². The van der Waals surface area contributed by atoms with E-state index >= 15 is 0 Å². The fourth-order valence-electron chi connectivity index (χ4n) is 1.69. The molecule has 1 unspecified atom stereocenters. The molecule has 0 aliphatic rings. The zero-order chi connectivity index (χ0) is 13.0. The van der Waals surface area contributed by atoms with Gasteiger partial charge in [0, 0.05) is 25.2 Å². The van der Waals surface area contributed by atoms with Gasteiger partial charge in [0.05, 0.1) is 0 Å². The van der Waals surface area contributed by atoms with Gasteiger partial charge in [0.25, 0.3) is 5.91 Å². The lowest BCUT2D eigenvalue weighted by atomic mass is 10.0. The standard InChI is InChI=1S/C14H22N2O/c1-10-6-5-7-13(12(10)3)14(17)16(4)9-8-11(2)15/h5-7,11H,8-9,15H2,1-4H3. The third-order valence-corrected chi connectivity index (χ3v) is 3.10. The van der Waals surface area contributed by atoms with Crippen LogP contribution in [-0.2, 0) is 0 Å². The Labute approximate surface area is 104 Å². The Morgan fingerprint density at radius 2 is 2.06 bits per heavy atom. The predicted octanol–water partition coefficient (Wildman–Crippen LogP) is 2.11. The Balaban J connectivity index is 2.78. The van der Waals surface area contributed by atoms with Gasteiger partial charge < -0.3 is 10.6 Å². The van der Waals surface area contributed by atoms with E-state index in [1.165, 1.54) is 0 Å². The third-order valence-electron chi connectivity index (χ3n) is 3.10. The molecule has 0 saturated carbocycles. The lowest BCUT2D eigenvalue weighted by Gasteiger charge is -2.19. The zero-order valence-electron chi connectivity index (χ0n) is 11.2. The topological polar surface area (TPSA) is 46.3 Å². The molecule has 2 N–H and O–H groups in total. The van der Waals surface area contributed by atoms with E-state index in [0.717, 1.165) is 23.1 Å². The average Bonchev–Trinajstić information content (AvgIpc) is 2.28. The van der Waals surface area contributed by atoms with Crippen LogP contribution in [0.15, 0.2) is 18.2 Å². The highest BCUT2D eigenvalue weighted by atomic mass is 16.2. The predicted molar refractivity (Wildman–Crippen MR) is 71.1 cm³/mol. The number of amides is 1. The van der Waals surface area contributed by atoms with E-state index in [-0.39, 0.29) is 11.9 Å². The van der Waals surface area contributed by atoms with E-state index in [9.17, 15) is 4.79 Å². The molecule has 1 amide bonds. The van der Waals surface area contributed by atoms with E-state index in [1.807, 2.05) is 46.0 Å². The molecule has 1 aromatic rings. The Hall–Kier alpha value is -1.35. The van der Waals surface area contributed by atoms with Gasteiger partial charge in [-0.1, -0.05) is 12.1 Å². The number of carbonyl (C=O) groups is 1. The van der Waals surface area contributed by atoms with E-state index in [4.69, 9.17) is 5.73 Å². The van der Waals surface area contributed by atoms with E-state index in [2.05, 4.69) is 0 Å². The van der Waals surface area contributed by atoms with Gasteiger partial charge >= 0.3 is 0 Å². The summed E-state index contributed by atoms with van der Waals surface area (Å²) in [5.74, 6) is 0.0758. The molecule has 1 atom stereocenters. The zero-order valence-corrected chi connectivity index (χ0v) is 11.2. The summed E-state index contributed by atoms with van der Waals surface area (Å²) in [6, 6.07) is 5.96. The quantitative estimate of drug-likeness (QED) is 0.867. The first-order valence-electron chi connectivity index (χ1n) is 6.00. The van der Waals surface area contributed by atoms with Gasteiger partial charge in [-0.15, -0.1) is 0 Å². The summed E-state index contributed by atoms with van der Waals surface area (Å²) in [7, 11) is 1.83. The van der Waals surface area contributed by atoms with Crippen molar-refractivity contribution in [3.63, 3.8) is 0 Å². The van der Waals surface area contributed by atoms with Crippen LogP contribution in [0.5, 0.6) is 0 Å². The van der Waals surface area contributed by atoms with E-state index in [0.29, 0.717) is 6.54 Å². The van der Waals surface area contributed by atoms with Crippen molar-refractivity contribution in [2.75, 3.05) is 13.6 Å². The summed E-state index contributed by atoms with van der Waals surface area (Å²) in [5, 5.41) is 0. The highest BCUT2D eigenvalue weighted by molar-refractivity contribution is 5.95. The molecule has 0 bridgehead atoms. The second-order valence-electron chi connectivity index (χ2n) is 4.74. The van der Waals surface area contributed by atoms with E-state index in [1.54, 1.807) is 4.90 Å². The van der Waals surface area contributed by atoms with Crippen molar-refractivity contribution in [3.05, 3.63) is 34.9 Å². The smallest absolute Gasteiger partial charge is 0.253 e. The molecule has 0 aliphatic heterocycles. The molecular formula is C14H22N2O. The van der Waals surface area contributed by atoms with Crippen LogP contribution in [0.25, 0.3) is 0 Å². The number of nitrogens with zero attached hydrogens (tertiary/aromatic N) is 1. The van der Waals surface area contributed by atoms with Crippen LogP contribution in [0.3, 0.4) is 0 Å². The second kappa shape index (κ2) is 5.82. The summed E-state index contributed by atoms with van der Waals surface area (Å²) in [6.45, 7) is 6.66. The highest BCUT2D eigenvalue weighted by Gasteiger charge is 2.14. The second-order valence-corrected chi connectivity index (χ2v) is 4.74. The van der Waals surface area contributed by atoms with Crippen molar-refractivity contribution < 1.29 is 4.79 Å². The molecular weight excluding hydrogens is 212 g/mol. The van der Waals surface area contributed by atoms with Gasteiger partial charge in [-0.25, -0.2) is 0 Å². The van der Waals surface area contributed by atoms with Crippen LogP contribution in [0, 0.1) is 13.8 Å². The lowest BCUT2D eigenvalue weighted by molar-refractivity contribution is 0.0791. The summed E-state index contributed by atoms with van der Waals surface area (Å²) in [5.41, 5.74) is 8.69. The van der Waals surface area contributed by atoms with Crippen LogP contribution in [0.2, 0.25) is 0 Å². The van der Waals surface area contributed by atoms with Crippen molar-refractivity contribution in [1.29, 1.82) is 0 Å². The summed E-state index contributed by atoms with van der Waals surface area (Å²) < 4.78 is 0. The van der Waals surface area contributed by atoms with Crippen LogP contribution in [0.4, 0.5) is 0 Å². The molecule has 0 aliphatic carbocycles. The average molecular weight is 234 g/mol. The maximum absolute atomic E-state index is 12.2. The van der Waals surface area contributed by atoms with Gasteiger partial charge in [-0.2, -0.15) is 0 Å². The number of rotatable bonds is 4. The van der Waals surface area contributed by atoms with Crippen molar-refractivity contribution >= 4 is 5.91 Å². The highest BCUT2D eigenvalue weighted by Crippen LogP contribution is 2.14. The van der Waals surface area contributed by atoms with Crippen LogP contribution in [0.1, 0.15) is 34.8 Å². The molecule has 3 heteroatoms. The number of hydrogen-bond donors (Lipinski definition) is 1. The largest absolute Gasteiger partial charge is 0.342 e. The van der Waals surface area contributed by atoms with Crippen LogP contribution in [-0.4, -0.2) is 30.4 Å². The minimum atomic E-state index is 0.0758. The molecule has 0 aromatic heterocycles.